The lowest BCUT2D eigenvalue weighted by Gasteiger charge is -2.38. The Morgan fingerprint density at radius 2 is 1.90 bits per heavy atom. The summed E-state index contributed by atoms with van der Waals surface area (Å²) in [5.74, 6) is -0.376. The molecule has 0 bridgehead atoms. The summed E-state index contributed by atoms with van der Waals surface area (Å²) in [7, 11) is 1.65. The zero-order chi connectivity index (χ0) is 21.1. The van der Waals surface area contributed by atoms with Gasteiger partial charge in [-0.3, -0.25) is 14.6 Å². The summed E-state index contributed by atoms with van der Waals surface area (Å²) in [4.78, 5) is 36.0. The van der Waals surface area contributed by atoms with Crippen LogP contribution in [-0.4, -0.2) is 53.0 Å². The molecular formula is C23H26N4O3. The van der Waals surface area contributed by atoms with Gasteiger partial charge in [-0.25, -0.2) is 4.98 Å². The van der Waals surface area contributed by atoms with Crippen LogP contribution in [0, 0.1) is 6.92 Å². The highest BCUT2D eigenvalue weighted by Gasteiger charge is 2.31. The SMILES string of the molecule is COC1CN(C(=O)c2cccc(-c3cnc(C)c(C(=O)Nc4ccccc4)n3)c2)C1.[HH].[HH]. The number of hydrogen-bond acceptors (Lipinski definition) is 5. The van der Waals surface area contributed by atoms with Crippen LogP contribution in [0.4, 0.5) is 5.69 Å². The van der Waals surface area contributed by atoms with Crippen LogP contribution >= 0.6 is 0 Å². The van der Waals surface area contributed by atoms with Crippen LogP contribution in [0.5, 0.6) is 0 Å². The molecule has 4 rings (SSSR count). The molecule has 1 saturated heterocycles. The Morgan fingerprint density at radius 3 is 2.63 bits per heavy atom. The molecule has 0 aliphatic carbocycles. The Kier molecular flexibility index (Phi) is 5.54. The number of carbonyl (C=O) groups excluding carboxylic acids is 2. The summed E-state index contributed by atoms with van der Waals surface area (Å²) < 4.78 is 5.23. The molecule has 2 aromatic carbocycles. The molecule has 3 aromatic rings. The zero-order valence-electron chi connectivity index (χ0n) is 16.8. The number of aromatic nitrogens is 2. The number of anilines is 1. The molecule has 156 valence electrons. The van der Waals surface area contributed by atoms with Crippen LogP contribution in [0.15, 0.2) is 60.8 Å². The molecule has 1 N–H and O–H groups in total. The number of hydrogen-bond donors (Lipinski definition) is 1. The Balaban J connectivity index is 0.00000181. The van der Waals surface area contributed by atoms with E-state index in [4.69, 9.17) is 4.74 Å². The number of carbonyl (C=O) groups is 2. The van der Waals surface area contributed by atoms with Gasteiger partial charge in [0.1, 0.15) is 5.69 Å². The fourth-order valence-electron chi connectivity index (χ4n) is 3.26. The molecule has 7 heteroatoms. The summed E-state index contributed by atoms with van der Waals surface area (Å²) in [5, 5.41) is 2.83. The largest absolute Gasteiger partial charge is 0.378 e. The van der Waals surface area contributed by atoms with Crippen molar-refractivity contribution < 1.29 is 17.2 Å². The molecule has 0 saturated carbocycles. The number of nitrogens with zero attached hydrogens (tertiary/aromatic N) is 3. The van der Waals surface area contributed by atoms with Gasteiger partial charge in [-0.1, -0.05) is 30.3 Å². The van der Waals surface area contributed by atoms with Crippen LogP contribution in [0.25, 0.3) is 11.3 Å². The molecule has 0 atom stereocenters. The van der Waals surface area contributed by atoms with E-state index >= 15 is 0 Å². The van der Waals surface area contributed by atoms with E-state index in [1.807, 2.05) is 36.4 Å². The van der Waals surface area contributed by atoms with E-state index < -0.39 is 0 Å². The summed E-state index contributed by atoms with van der Waals surface area (Å²) >= 11 is 0. The first-order valence-corrected chi connectivity index (χ1v) is 9.67. The third kappa shape index (κ3) is 4.06. The Labute approximate surface area is 177 Å². The molecule has 7 nitrogen and oxygen atoms in total. The lowest BCUT2D eigenvalue weighted by molar-refractivity contribution is -0.0191. The van der Waals surface area contributed by atoms with Crippen molar-refractivity contribution in [2.24, 2.45) is 0 Å². The molecule has 30 heavy (non-hydrogen) atoms. The van der Waals surface area contributed by atoms with Crippen LogP contribution in [0.3, 0.4) is 0 Å². The highest BCUT2D eigenvalue weighted by atomic mass is 16.5. The molecule has 0 spiro atoms. The second kappa shape index (κ2) is 8.42. The number of methoxy groups -OCH3 is 1. The van der Waals surface area contributed by atoms with Gasteiger partial charge in [-0.2, -0.15) is 0 Å². The van der Waals surface area contributed by atoms with Gasteiger partial charge < -0.3 is 15.0 Å². The molecule has 1 aliphatic heterocycles. The predicted molar refractivity (Wildman–Crippen MR) is 118 cm³/mol. The van der Waals surface area contributed by atoms with E-state index in [1.54, 1.807) is 43.3 Å². The van der Waals surface area contributed by atoms with Gasteiger partial charge in [0, 0.05) is 39.9 Å². The lowest BCUT2D eigenvalue weighted by Crippen LogP contribution is -2.54. The van der Waals surface area contributed by atoms with Crippen molar-refractivity contribution in [3.8, 4) is 11.3 Å². The molecule has 2 amide bonds. The van der Waals surface area contributed by atoms with Crippen molar-refractivity contribution in [3.05, 3.63) is 77.7 Å². The zero-order valence-corrected chi connectivity index (χ0v) is 16.8. The minimum atomic E-state index is -0.327. The van der Waals surface area contributed by atoms with E-state index in [0.29, 0.717) is 35.7 Å². The third-order valence-corrected chi connectivity index (χ3v) is 5.08. The van der Waals surface area contributed by atoms with E-state index in [9.17, 15) is 9.59 Å². The summed E-state index contributed by atoms with van der Waals surface area (Å²) in [5.41, 5.74) is 3.30. The van der Waals surface area contributed by atoms with E-state index in [0.717, 1.165) is 5.56 Å². The molecule has 0 radical (unpaired) electrons. The van der Waals surface area contributed by atoms with Crippen LogP contribution in [0.2, 0.25) is 0 Å². The molecule has 2 heterocycles. The van der Waals surface area contributed by atoms with Gasteiger partial charge in [-0.05, 0) is 31.2 Å². The Hall–Kier alpha value is -3.58. The lowest BCUT2D eigenvalue weighted by atomic mass is 10.0. The minimum Gasteiger partial charge on any atom is -0.378 e. The van der Waals surface area contributed by atoms with Gasteiger partial charge in [-0.15, -0.1) is 0 Å². The molecular weight excluding hydrogens is 380 g/mol. The number of nitrogens with one attached hydrogen (secondary N) is 1. The van der Waals surface area contributed by atoms with Gasteiger partial charge in [0.2, 0.25) is 0 Å². The number of amides is 2. The highest BCUT2D eigenvalue weighted by molar-refractivity contribution is 6.04. The van der Waals surface area contributed by atoms with E-state index in [2.05, 4.69) is 15.3 Å². The average Bonchev–Trinajstić information content (AvgIpc) is 2.74. The monoisotopic (exact) mass is 406 g/mol. The van der Waals surface area contributed by atoms with Crippen molar-refractivity contribution >= 4 is 17.5 Å². The van der Waals surface area contributed by atoms with Gasteiger partial charge in [0.15, 0.2) is 0 Å². The quantitative estimate of drug-likeness (QED) is 0.699. The maximum Gasteiger partial charge on any atom is 0.276 e. The number of aryl methyl sites for hydroxylation is 1. The van der Waals surface area contributed by atoms with Crippen LogP contribution in [0.1, 0.15) is 29.4 Å². The smallest absolute Gasteiger partial charge is 0.276 e. The topological polar surface area (TPSA) is 84.4 Å². The number of rotatable bonds is 5. The van der Waals surface area contributed by atoms with Crippen molar-refractivity contribution in [2.45, 2.75) is 13.0 Å². The van der Waals surface area contributed by atoms with Crippen molar-refractivity contribution in [2.75, 3.05) is 25.5 Å². The first-order valence-electron chi connectivity index (χ1n) is 9.67. The van der Waals surface area contributed by atoms with Crippen LogP contribution < -0.4 is 5.32 Å². The van der Waals surface area contributed by atoms with Gasteiger partial charge >= 0.3 is 0 Å². The fraction of sp³-hybridized carbons (Fsp3) is 0.217. The number of benzene rings is 2. The molecule has 1 fully saturated rings. The standard InChI is InChI=1S/C23H22N4O3.2H2/c1-15-21(22(28)25-18-9-4-3-5-10-18)26-20(12-24-15)16-7-6-8-17(11-16)23(29)27-13-19(14-27)30-2;;/h3-12,19H,13-14H2,1-2H3,(H,25,28);2*1H. The first-order chi connectivity index (χ1) is 14.5. The second-order valence-corrected chi connectivity index (χ2v) is 7.16. The molecule has 1 aliphatic rings. The van der Waals surface area contributed by atoms with E-state index in [1.165, 1.54) is 0 Å². The van der Waals surface area contributed by atoms with Crippen molar-refractivity contribution in [1.29, 1.82) is 0 Å². The highest BCUT2D eigenvalue weighted by Crippen LogP contribution is 2.22. The van der Waals surface area contributed by atoms with Crippen molar-refractivity contribution in [3.63, 3.8) is 0 Å². The van der Waals surface area contributed by atoms with Gasteiger partial charge in [0.25, 0.3) is 11.8 Å². The minimum absolute atomic E-state index is 0. The average molecular weight is 406 g/mol. The predicted octanol–water partition coefficient (Wildman–Crippen LogP) is 3.67. The van der Waals surface area contributed by atoms with Crippen molar-refractivity contribution in [1.82, 2.24) is 14.9 Å². The maximum atomic E-state index is 12.7. The molecule has 0 unspecified atom stereocenters. The summed E-state index contributed by atoms with van der Waals surface area (Å²) in [6.45, 7) is 2.92. The van der Waals surface area contributed by atoms with Crippen LogP contribution in [-0.2, 0) is 4.74 Å². The normalized spacial score (nSPS) is 13.6. The Morgan fingerprint density at radius 1 is 1.13 bits per heavy atom. The van der Waals surface area contributed by atoms with Gasteiger partial charge in [0.05, 0.1) is 23.7 Å². The Bertz CT molecular complexity index is 1090. The van der Waals surface area contributed by atoms with E-state index in [-0.39, 0.29) is 26.5 Å². The summed E-state index contributed by atoms with van der Waals surface area (Å²) in [6.07, 6.45) is 1.72. The first kappa shape index (κ1) is 19.7. The second-order valence-electron chi connectivity index (χ2n) is 7.16. The summed E-state index contributed by atoms with van der Waals surface area (Å²) in [6, 6.07) is 16.4. The third-order valence-electron chi connectivity index (χ3n) is 5.08. The molecule has 1 aromatic heterocycles. The number of ether oxygens (including phenoxy) is 1. The fourth-order valence-corrected chi connectivity index (χ4v) is 3.26. The maximum absolute atomic E-state index is 12.7. The number of para-hydroxylation sites is 1. The number of likely N-dealkylation sites (tertiary alicyclic amines) is 1.